The molecular weight excluding hydrogens is 334 g/mol. The Hall–Kier alpha value is -2.09. The molecule has 0 aliphatic rings. The van der Waals surface area contributed by atoms with Crippen LogP contribution >= 0.6 is 11.8 Å². The van der Waals surface area contributed by atoms with Crippen LogP contribution in [0.15, 0.2) is 12.1 Å². The van der Waals surface area contributed by atoms with E-state index in [1.807, 2.05) is 0 Å². The standard InChI is InChI=1S/C16H23NO6S/c1-5-23-15(19)10-24-9-14(18)17-8-11-6-12(20-2)16(22-4)13(7-11)21-3/h6-7H,5,8-10H2,1-4H3,(H,17,18). The van der Waals surface area contributed by atoms with Gasteiger partial charge in [0.1, 0.15) is 0 Å². The first kappa shape index (κ1) is 20.0. The summed E-state index contributed by atoms with van der Waals surface area (Å²) in [6.45, 7) is 2.40. The first-order valence-corrected chi connectivity index (χ1v) is 8.50. The van der Waals surface area contributed by atoms with E-state index in [0.29, 0.717) is 30.4 Å². The molecule has 1 amide bonds. The molecule has 7 nitrogen and oxygen atoms in total. The molecule has 0 saturated heterocycles. The summed E-state index contributed by atoms with van der Waals surface area (Å²) >= 11 is 1.21. The van der Waals surface area contributed by atoms with Crippen molar-refractivity contribution in [1.29, 1.82) is 0 Å². The highest BCUT2D eigenvalue weighted by atomic mass is 32.2. The highest BCUT2D eigenvalue weighted by molar-refractivity contribution is 8.00. The lowest BCUT2D eigenvalue weighted by molar-refractivity contribution is -0.139. The average molecular weight is 357 g/mol. The molecule has 134 valence electrons. The highest BCUT2D eigenvalue weighted by Gasteiger charge is 2.13. The van der Waals surface area contributed by atoms with Crippen LogP contribution in [-0.2, 0) is 20.9 Å². The van der Waals surface area contributed by atoms with Gasteiger partial charge in [-0.15, -0.1) is 11.8 Å². The second kappa shape index (κ2) is 10.6. The molecular formula is C16H23NO6S. The zero-order chi connectivity index (χ0) is 17.9. The summed E-state index contributed by atoms with van der Waals surface area (Å²) < 4.78 is 20.6. The molecule has 0 bridgehead atoms. The number of amides is 1. The maximum atomic E-state index is 11.8. The van der Waals surface area contributed by atoms with E-state index in [1.54, 1.807) is 19.1 Å². The number of rotatable bonds is 10. The molecule has 0 aliphatic carbocycles. The van der Waals surface area contributed by atoms with E-state index in [2.05, 4.69) is 5.32 Å². The summed E-state index contributed by atoms with van der Waals surface area (Å²) in [4.78, 5) is 23.0. The number of benzene rings is 1. The van der Waals surface area contributed by atoms with Crippen molar-refractivity contribution in [3.63, 3.8) is 0 Å². The quantitative estimate of drug-likeness (QED) is 0.637. The summed E-state index contributed by atoms with van der Waals surface area (Å²) in [6.07, 6.45) is 0. The number of hydrogen-bond acceptors (Lipinski definition) is 7. The van der Waals surface area contributed by atoms with Gasteiger partial charge in [0.05, 0.1) is 39.4 Å². The number of carbonyl (C=O) groups excluding carboxylic acids is 2. The minimum Gasteiger partial charge on any atom is -0.493 e. The van der Waals surface area contributed by atoms with Crippen LogP contribution in [0, 0.1) is 0 Å². The topological polar surface area (TPSA) is 83.1 Å². The Morgan fingerprint density at radius 1 is 1.04 bits per heavy atom. The number of methoxy groups -OCH3 is 3. The number of ether oxygens (including phenoxy) is 4. The van der Waals surface area contributed by atoms with Crippen LogP contribution < -0.4 is 19.5 Å². The van der Waals surface area contributed by atoms with Crippen LogP contribution in [0.1, 0.15) is 12.5 Å². The number of carbonyl (C=O) groups is 2. The van der Waals surface area contributed by atoms with E-state index in [4.69, 9.17) is 18.9 Å². The molecule has 1 aromatic carbocycles. The molecule has 0 atom stereocenters. The third kappa shape index (κ3) is 6.19. The molecule has 0 radical (unpaired) electrons. The monoisotopic (exact) mass is 357 g/mol. The van der Waals surface area contributed by atoms with Gasteiger partial charge in [0.25, 0.3) is 0 Å². The van der Waals surface area contributed by atoms with Crippen LogP contribution in [0.25, 0.3) is 0 Å². The molecule has 0 spiro atoms. The summed E-state index contributed by atoms with van der Waals surface area (Å²) in [5.41, 5.74) is 0.813. The van der Waals surface area contributed by atoms with Crippen molar-refractivity contribution in [3.8, 4) is 17.2 Å². The summed E-state index contributed by atoms with van der Waals surface area (Å²) in [5.74, 6) is 1.41. The van der Waals surface area contributed by atoms with Crippen LogP contribution in [-0.4, -0.2) is 51.3 Å². The Labute approximate surface area is 146 Å². The Bertz CT molecular complexity index is 538. The zero-order valence-corrected chi connectivity index (χ0v) is 15.2. The largest absolute Gasteiger partial charge is 0.493 e. The first-order chi connectivity index (χ1) is 11.5. The predicted octanol–water partition coefficient (Wildman–Crippen LogP) is 1.62. The molecule has 0 heterocycles. The van der Waals surface area contributed by atoms with Crippen LogP contribution in [0.2, 0.25) is 0 Å². The third-order valence-electron chi connectivity index (χ3n) is 2.97. The molecule has 1 N–H and O–H groups in total. The molecule has 0 saturated carbocycles. The minimum absolute atomic E-state index is 0.158. The normalized spacial score (nSPS) is 10.0. The Kier molecular flexibility index (Phi) is 8.85. The first-order valence-electron chi connectivity index (χ1n) is 7.34. The van der Waals surface area contributed by atoms with Gasteiger partial charge in [0.15, 0.2) is 11.5 Å². The number of thioether (sulfide) groups is 1. The second-order valence-corrected chi connectivity index (χ2v) is 5.59. The number of hydrogen-bond donors (Lipinski definition) is 1. The molecule has 8 heteroatoms. The Morgan fingerprint density at radius 2 is 1.67 bits per heavy atom. The van der Waals surface area contributed by atoms with Crippen molar-refractivity contribution in [3.05, 3.63) is 17.7 Å². The lowest BCUT2D eigenvalue weighted by Crippen LogP contribution is -2.25. The van der Waals surface area contributed by atoms with Gasteiger partial charge in [0.2, 0.25) is 11.7 Å². The van der Waals surface area contributed by atoms with Gasteiger partial charge in [-0.05, 0) is 24.6 Å². The van der Waals surface area contributed by atoms with Gasteiger partial charge in [-0.3, -0.25) is 9.59 Å². The lowest BCUT2D eigenvalue weighted by atomic mass is 10.2. The Morgan fingerprint density at radius 3 is 2.17 bits per heavy atom. The van der Waals surface area contributed by atoms with Crippen molar-refractivity contribution in [2.45, 2.75) is 13.5 Å². The number of nitrogens with one attached hydrogen (secondary N) is 1. The van der Waals surface area contributed by atoms with Crippen molar-refractivity contribution < 1.29 is 28.5 Å². The van der Waals surface area contributed by atoms with Gasteiger partial charge in [-0.25, -0.2) is 0 Å². The predicted molar refractivity (Wildman–Crippen MR) is 91.9 cm³/mol. The summed E-state index contributed by atoms with van der Waals surface area (Å²) in [5, 5.41) is 2.78. The maximum absolute atomic E-state index is 11.8. The van der Waals surface area contributed by atoms with E-state index >= 15 is 0 Å². The van der Waals surface area contributed by atoms with E-state index in [-0.39, 0.29) is 23.4 Å². The number of esters is 1. The van der Waals surface area contributed by atoms with E-state index < -0.39 is 0 Å². The molecule has 0 aromatic heterocycles. The van der Waals surface area contributed by atoms with Gasteiger partial charge in [-0.1, -0.05) is 0 Å². The fourth-order valence-corrected chi connectivity index (χ4v) is 2.56. The SMILES string of the molecule is CCOC(=O)CSCC(=O)NCc1cc(OC)c(OC)c(OC)c1. The second-order valence-electron chi connectivity index (χ2n) is 4.61. The van der Waals surface area contributed by atoms with Gasteiger partial charge < -0.3 is 24.3 Å². The van der Waals surface area contributed by atoms with Crippen molar-refractivity contribution in [2.24, 2.45) is 0 Å². The summed E-state index contributed by atoms with van der Waals surface area (Å²) in [7, 11) is 4.60. The fourth-order valence-electron chi connectivity index (χ4n) is 1.92. The molecule has 0 fully saturated rings. The Balaban J connectivity index is 2.54. The zero-order valence-electron chi connectivity index (χ0n) is 14.3. The van der Waals surface area contributed by atoms with Crippen molar-refractivity contribution in [1.82, 2.24) is 5.32 Å². The molecule has 24 heavy (non-hydrogen) atoms. The van der Waals surface area contributed by atoms with Gasteiger partial charge in [0, 0.05) is 6.54 Å². The van der Waals surface area contributed by atoms with Crippen molar-refractivity contribution in [2.75, 3.05) is 39.4 Å². The van der Waals surface area contributed by atoms with Crippen LogP contribution in [0.5, 0.6) is 17.2 Å². The minimum atomic E-state index is -0.320. The third-order valence-corrected chi connectivity index (χ3v) is 3.88. The smallest absolute Gasteiger partial charge is 0.315 e. The van der Waals surface area contributed by atoms with Crippen molar-refractivity contribution >= 4 is 23.6 Å². The summed E-state index contributed by atoms with van der Waals surface area (Å²) in [6, 6.07) is 3.54. The average Bonchev–Trinajstić information content (AvgIpc) is 2.59. The maximum Gasteiger partial charge on any atom is 0.315 e. The fraction of sp³-hybridized carbons (Fsp3) is 0.500. The molecule has 0 unspecified atom stereocenters. The highest BCUT2D eigenvalue weighted by Crippen LogP contribution is 2.38. The van der Waals surface area contributed by atoms with E-state index in [9.17, 15) is 9.59 Å². The van der Waals surface area contributed by atoms with Gasteiger partial charge in [-0.2, -0.15) is 0 Å². The molecule has 1 rings (SSSR count). The molecule has 1 aromatic rings. The van der Waals surface area contributed by atoms with E-state index in [1.165, 1.54) is 33.1 Å². The van der Waals surface area contributed by atoms with E-state index in [0.717, 1.165) is 5.56 Å². The van der Waals surface area contributed by atoms with Gasteiger partial charge >= 0.3 is 5.97 Å². The molecule has 0 aliphatic heterocycles. The lowest BCUT2D eigenvalue weighted by Gasteiger charge is -2.14. The van der Waals surface area contributed by atoms with Crippen LogP contribution in [0.4, 0.5) is 0 Å². The van der Waals surface area contributed by atoms with Crippen LogP contribution in [0.3, 0.4) is 0 Å².